The minimum absolute atomic E-state index is 0.0251. The highest BCUT2D eigenvalue weighted by molar-refractivity contribution is 6.05. The predicted molar refractivity (Wildman–Crippen MR) is 116 cm³/mol. The van der Waals surface area contributed by atoms with Crippen molar-refractivity contribution in [3.8, 4) is 5.75 Å². The highest BCUT2D eigenvalue weighted by Crippen LogP contribution is 2.27. The molecule has 5 heteroatoms. The van der Waals surface area contributed by atoms with Crippen molar-refractivity contribution in [2.45, 2.75) is 20.4 Å². The number of rotatable bonds is 5. The summed E-state index contributed by atoms with van der Waals surface area (Å²) in [5.41, 5.74) is 5.27. The summed E-state index contributed by atoms with van der Waals surface area (Å²) in [6.07, 6.45) is 0. The van der Waals surface area contributed by atoms with Crippen LogP contribution in [0.15, 0.2) is 71.1 Å². The molecule has 29 heavy (non-hydrogen) atoms. The van der Waals surface area contributed by atoms with Crippen LogP contribution in [0.25, 0.3) is 11.0 Å². The molecule has 0 fully saturated rings. The number of anilines is 2. The number of phenols is 1. The van der Waals surface area contributed by atoms with Crippen LogP contribution < -0.4 is 10.6 Å². The number of carbonyl (C=O) groups excluding carboxylic acids is 1. The van der Waals surface area contributed by atoms with E-state index < -0.39 is 5.91 Å². The molecule has 0 aliphatic heterocycles. The Hall–Kier alpha value is -3.73. The number of aromatic hydroxyl groups is 1. The van der Waals surface area contributed by atoms with E-state index in [1.165, 1.54) is 11.1 Å². The zero-order valence-corrected chi connectivity index (χ0v) is 16.3. The molecule has 1 aromatic heterocycles. The Bertz CT molecular complexity index is 1190. The van der Waals surface area contributed by atoms with Gasteiger partial charge in [0.2, 0.25) is 0 Å². The fourth-order valence-electron chi connectivity index (χ4n) is 3.22. The Morgan fingerprint density at radius 2 is 1.79 bits per heavy atom. The first kappa shape index (κ1) is 18.6. The maximum Gasteiger partial charge on any atom is 0.291 e. The molecule has 4 rings (SSSR count). The van der Waals surface area contributed by atoms with E-state index in [-0.39, 0.29) is 11.5 Å². The van der Waals surface area contributed by atoms with Crippen LogP contribution in [-0.2, 0) is 6.54 Å². The molecule has 0 radical (unpaired) electrons. The molecular weight excluding hydrogens is 364 g/mol. The van der Waals surface area contributed by atoms with Crippen molar-refractivity contribution in [3.05, 3.63) is 89.2 Å². The normalized spacial score (nSPS) is 10.8. The first-order chi connectivity index (χ1) is 14.0. The molecule has 1 heterocycles. The van der Waals surface area contributed by atoms with E-state index in [1.54, 1.807) is 18.2 Å². The van der Waals surface area contributed by atoms with Gasteiger partial charge in [-0.25, -0.2) is 0 Å². The van der Waals surface area contributed by atoms with Crippen LogP contribution in [0.4, 0.5) is 11.4 Å². The molecule has 0 unspecified atom stereocenters. The van der Waals surface area contributed by atoms with Crippen LogP contribution in [-0.4, -0.2) is 11.0 Å². The van der Waals surface area contributed by atoms with Crippen LogP contribution in [0, 0.1) is 13.8 Å². The SMILES string of the molecule is Cc1cccc(CNc2ccc3oc(C(=O)Nc4ccc(C)cc4O)cc3c2)c1. The lowest BCUT2D eigenvalue weighted by Crippen LogP contribution is -2.10. The lowest BCUT2D eigenvalue weighted by Gasteiger charge is -2.07. The molecule has 0 bridgehead atoms. The molecule has 5 nitrogen and oxygen atoms in total. The summed E-state index contributed by atoms with van der Waals surface area (Å²) in [7, 11) is 0. The van der Waals surface area contributed by atoms with E-state index in [9.17, 15) is 9.90 Å². The van der Waals surface area contributed by atoms with Crippen LogP contribution >= 0.6 is 0 Å². The molecule has 146 valence electrons. The van der Waals surface area contributed by atoms with E-state index in [0.717, 1.165) is 16.6 Å². The topological polar surface area (TPSA) is 74.5 Å². The van der Waals surface area contributed by atoms with Crippen LogP contribution in [0.5, 0.6) is 5.75 Å². The molecular formula is C24H22N2O3. The minimum Gasteiger partial charge on any atom is -0.506 e. The summed E-state index contributed by atoms with van der Waals surface area (Å²) in [6.45, 7) is 4.66. The molecule has 3 N–H and O–H groups in total. The Balaban J connectivity index is 1.49. The van der Waals surface area contributed by atoms with Gasteiger partial charge in [0.05, 0.1) is 5.69 Å². The van der Waals surface area contributed by atoms with Crippen LogP contribution in [0.3, 0.4) is 0 Å². The van der Waals surface area contributed by atoms with Crippen molar-refractivity contribution in [1.29, 1.82) is 0 Å². The first-order valence-corrected chi connectivity index (χ1v) is 9.42. The molecule has 0 saturated carbocycles. The molecule has 3 aromatic carbocycles. The number of hydrogen-bond acceptors (Lipinski definition) is 4. The number of hydrogen-bond donors (Lipinski definition) is 3. The summed E-state index contributed by atoms with van der Waals surface area (Å²) in [5, 5.41) is 16.9. The number of benzene rings is 3. The number of aryl methyl sites for hydroxylation is 2. The van der Waals surface area contributed by atoms with Crippen molar-refractivity contribution in [2.24, 2.45) is 0 Å². The smallest absolute Gasteiger partial charge is 0.291 e. The van der Waals surface area contributed by atoms with Crippen molar-refractivity contribution in [2.75, 3.05) is 10.6 Å². The van der Waals surface area contributed by atoms with E-state index >= 15 is 0 Å². The van der Waals surface area contributed by atoms with Crippen molar-refractivity contribution >= 4 is 28.3 Å². The number of fused-ring (bicyclic) bond motifs is 1. The minimum atomic E-state index is -0.408. The maximum absolute atomic E-state index is 12.5. The second-order valence-corrected chi connectivity index (χ2v) is 7.18. The van der Waals surface area contributed by atoms with Gasteiger partial charge in [-0.3, -0.25) is 4.79 Å². The lowest BCUT2D eigenvalue weighted by atomic mass is 10.1. The van der Waals surface area contributed by atoms with Crippen molar-refractivity contribution < 1.29 is 14.3 Å². The molecule has 1 amide bonds. The van der Waals surface area contributed by atoms with Gasteiger partial charge in [-0.05, 0) is 61.4 Å². The van der Waals surface area contributed by atoms with E-state index in [1.807, 2.05) is 37.3 Å². The van der Waals surface area contributed by atoms with Crippen molar-refractivity contribution in [3.63, 3.8) is 0 Å². The lowest BCUT2D eigenvalue weighted by molar-refractivity contribution is 0.0998. The van der Waals surface area contributed by atoms with Gasteiger partial charge in [-0.15, -0.1) is 0 Å². The fraction of sp³-hybridized carbons (Fsp3) is 0.125. The average molecular weight is 386 g/mol. The summed E-state index contributed by atoms with van der Waals surface area (Å²) in [4.78, 5) is 12.5. The monoisotopic (exact) mass is 386 g/mol. The van der Waals surface area contributed by atoms with Gasteiger partial charge in [0, 0.05) is 17.6 Å². The van der Waals surface area contributed by atoms with E-state index in [4.69, 9.17) is 4.42 Å². The highest BCUT2D eigenvalue weighted by atomic mass is 16.3. The molecule has 0 aliphatic rings. The third kappa shape index (κ3) is 4.24. The predicted octanol–water partition coefficient (Wildman–Crippen LogP) is 5.62. The Labute approximate surface area is 169 Å². The molecule has 0 atom stereocenters. The third-order valence-electron chi connectivity index (χ3n) is 4.72. The highest BCUT2D eigenvalue weighted by Gasteiger charge is 2.14. The van der Waals surface area contributed by atoms with Crippen molar-refractivity contribution in [1.82, 2.24) is 0 Å². The second-order valence-electron chi connectivity index (χ2n) is 7.18. The number of phenolic OH excluding ortho intramolecular Hbond substituents is 1. The number of amides is 1. The van der Waals surface area contributed by atoms with Gasteiger partial charge < -0.3 is 20.2 Å². The molecule has 0 aliphatic carbocycles. The largest absolute Gasteiger partial charge is 0.506 e. The van der Waals surface area contributed by atoms with Gasteiger partial charge in [-0.2, -0.15) is 0 Å². The summed E-state index contributed by atoms with van der Waals surface area (Å²) in [6, 6.07) is 20.8. The van der Waals surface area contributed by atoms with Crippen LogP contribution in [0.1, 0.15) is 27.2 Å². The van der Waals surface area contributed by atoms with E-state index in [0.29, 0.717) is 17.8 Å². The fourth-order valence-corrected chi connectivity index (χ4v) is 3.22. The van der Waals surface area contributed by atoms with Gasteiger partial charge >= 0.3 is 0 Å². The molecule has 0 spiro atoms. The zero-order chi connectivity index (χ0) is 20.4. The summed E-state index contributed by atoms with van der Waals surface area (Å²) in [5.74, 6) is -0.192. The number of furan rings is 1. The second kappa shape index (κ2) is 7.72. The number of nitrogens with one attached hydrogen (secondary N) is 2. The van der Waals surface area contributed by atoms with Crippen LogP contribution in [0.2, 0.25) is 0 Å². The summed E-state index contributed by atoms with van der Waals surface area (Å²) < 4.78 is 5.68. The van der Waals surface area contributed by atoms with Gasteiger partial charge in [0.1, 0.15) is 11.3 Å². The van der Waals surface area contributed by atoms with Gasteiger partial charge in [-0.1, -0.05) is 35.9 Å². The Morgan fingerprint density at radius 3 is 2.59 bits per heavy atom. The molecule has 4 aromatic rings. The summed E-state index contributed by atoms with van der Waals surface area (Å²) >= 11 is 0. The zero-order valence-electron chi connectivity index (χ0n) is 16.3. The number of carbonyl (C=O) groups is 1. The standard InChI is InChI=1S/C24H22N2O3/c1-15-4-3-5-17(10-15)14-25-19-7-9-22-18(12-19)13-23(29-22)24(28)26-20-8-6-16(2)11-21(20)27/h3-13,25,27H,14H2,1-2H3,(H,26,28). The van der Waals surface area contributed by atoms with E-state index in [2.05, 4.69) is 35.8 Å². The Kier molecular flexibility index (Phi) is 4.96. The van der Waals surface area contributed by atoms with Gasteiger partial charge in [0.25, 0.3) is 5.91 Å². The average Bonchev–Trinajstić information content (AvgIpc) is 3.12. The quantitative estimate of drug-likeness (QED) is 0.389. The van der Waals surface area contributed by atoms with Gasteiger partial charge in [0.15, 0.2) is 5.76 Å². The Morgan fingerprint density at radius 1 is 0.966 bits per heavy atom. The maximum atomic E-state index is 12.5. The molecule has 0 saturated heterocycles. The third-order valence-corrected chi connectivity index (χ3v) is 4.72. The first-order valence-electron chi connectivity index (χ1n) is 9.42.